The highest BCUT2D eigenvalue weighted by Gasteiger charge is 2.02. The van der Waals surface area contributed by atoms with Gasteiger partial charge in [0.1, 0.15) is 0 Å². The molecule has 0 saturated carbocycles. The van der Waals surface area contributed by atoms with Gasteiger partial charge in [0.2, 0.25) is 0 Å². The van der Waals surface area contributed by atoms with Crippen LogP contribution in [0, 0.1) is 0 Å². The van der Waals surface area contributed by atoms with E-state index in [0.717, 1.165) is 5.56 Å². The SMILES string of the molecule is O=C(O)c1ccc(NC(=S)N/N=C/c2ccc(Cl)cc2)cc1. The summed E-state index contributed by atoms with van der Waals surface area (Å²) in [4.78, 5) is 10.7. The normalized spacial score (nSPS) is 10.4. The zero-order valence-electron chi connectivity index (χ0n) is 11.3. The highest BCUT2D eigenvalue weighted by atomic mass is 35.5. The molecule has 0 unspecified atom stereocenters. The molecule has 0 heterocycles. The third-order valence-electron chi connectivity index (χ3n) is 2.64. The molecule has 0 radical (unpaired) electrons. The summed E-state index contributed by atoms with van der Waals surface area (Å²) < 4.78 is 0. The van der Waals surface area contributed by atoms with Crippen LogP contribution < -0.4 is 10.7 Å². The highest BCUT2D eigenvalue weighted by molar-refractivity contribution is 7.80. The first-order valence-electron chi connectivity index (χ1n) is 6.23. The number of halogens is 1. The van der Waals surface area contributed by atoms with Gasteiger partial charge in [0, 0.05) is 10.7 Å². The van der Waals surface area contributed by atoms with Gasteiger partial charge in [0.25, 0.3) is 0 Å². The maximum atomic E-state index is 10.7. The molecule has 7 heteroatoms. The predicted octanol–water partition coefficient (Wildman–Crippen LogP) is 3.36. The summed E-state index contributed by atoms with van der Waals surface area (Å²) in [6, 6.07) is 13.4. The Morgan fingerprint density at radius 3 is 2.36 bits per heavy atom. The molecule has 112 valence electrons. The van der Waals surface area contributed by atoms with E-state index < -0.39 is 5.97 Å². The Morgan fingerprint density at radius 1 is 1.14 bits per heavy atom. The molecule has 0 saturated heterocycles. The van der Waals surface area contributed by atoms with Crippen molar-refractivity contribution in [1.82, 2.24) is 5.43 Å². The van der Waals surface area contributed by atoms with Gasteiger partial charge in [0.05, 0.1) is 11.8 Å². The van der Waals surface area contributed by atoms with Crippen molar-refractivity contribution in [3.63, 3.8) is 0 Å². The molecular formula is C15H12ClN3O2S. The number of nitrogens with zero attached hydrogens (tertiary/aromatic N) is 1. The van der Waals surface area contributed by atoms with Crippen molar-refractivity contribution in [2.24, 2.45) is 5.10 Å². The molecule has 3 N–H and O–H groups in total. The lowest BCUT2D eigenvalue weighted by atomic mass is 10.2. The standard InChI is InChI=1S/C15H12ClN3O2S/c16-12-5-1-10(2-6-12)9-17-19-15(22)18-13-7-3-11(4-8-13)14(20)21/h1-9H,(H,20,21)(H2,18,19,22)/b17-9+. The Labute approximate surface area is 137 Å². The van der Waals surface area contributed by atoms with Gasteiger partial charge < -0.3 is 10.4 Å². The molecule has 0 aliphatic heterocycles. The number of carboxylic acids is 1. The van der Waals surface area contributed by atoms with E-state index in [1.54, 1.807) is 30.5 Å². The molecule has 0 aromatic heterocycles. The maximum absolute atomic E-state index is 10.7. The summed E-state index contributed by atoms with van der Waals surface area (Å²) in [5.41, 5.74) is 4.44. The molecule has 0 bridgehead atoms. The smallest absolute Gasteiger partial charge is 0.335 e. The van der Waals surface area contributed by atoms with Crippen molar-refractivity contribution >= 4 is 46.8 Å². The molecule has 22 heavy (non-hydrogen) atoms. The van der Waals surface area contributed by atoms with Crippen molar-refractivity contribution in [2.45, 2.75) is 0 Å². The molecule has 0 amide bonds. The van der Waals surface area contributed by atoms with E-state index in [9.17, 15) is 4.79 Å². The average Bonchev–Trinajstić information content (AvgIpc) is 2.50. The number of anilines is 1. The zero-order valence-corrected chi connectivity index (χ0v) is 12.9. The van der Waals surface area contributed by atoms with E-state index in [0.29, 0.717) is 15.8 Å². The summed E-state index contributed by atoms with van der Waals surface area (Å²) in [5, 5.41) is 16.7. The van der Waals surface area contributed by atoms with Gasteiger partial charge in [-0.05, 0) is 54.2 Å². The van der Waals surface area contributed by atoms with E-state index in [4.69, 9.17) is 28.9 Å². The lowest BCUT2D eigenvalue weighted by Crippen LogP contribution is -2.23. The van der Waals surface area contributed by atoms with Crippen LogP contribution in [-0.4, -0.2) is 22.4 Å². The minimum Gasteiger partial charge on any atom is -0.478 e. The average molecular weight is 334 g/mol. The number of hydrazone groups is 1. The summed E-state index contributed by atoms with van der Waals surface area (Å²) in [6.45, 7) is 0. The fourth-order valence-corrected chi connectivity index (χ4v) is 1.87. The molecule has 2 rings (SSSR count). The summed E-state index contributed by atoms with van der Waals surface area (Å²) in [5.74, 6) is -0.972. The third kappa shape index (κ3) is 4.83. The predicted molar refractivity (Wildman–Crippen MR) is 91.8 cm³/mol. The van der Waals surface area contributed by atoms with E-state index >= 15 is 0 Å². The van der Waals surface area contributed by atoms with Gasteiger partial charge in [-0.25, -0.2) is 4.79 Å². The van der Waals surface area contributed by atoms with E-state index in [2.05, 4.69) is 15.8 Å². The summed E-state index contributed by atoms with van der Waals surface area (Å²) in [7, 11) is 0. The molecule has 0 atom stereocenters. The van der Waals surface area contributed by atoms with E-state index in [1.165, 1.54) is 12.1 Å². The Hall–Kier alpha value is -2.44. The monoisotopic (exact) mass is 333 g/mol. The van der Waals surface area contributed by atoms with Crippen molar-refractivity contribution in [1.29, 1.82) is 0 Å². The molecule has 0 fully saturated rings. The molecule has 2 aromatic rings. The van der Waals surface area contributed by atoms with Crippen molar-refractivity contribution in [3.05, 3.63) is 64.7 Å². The fraction of sp³-hybridized carbons (Fsp3) is 0. The van der Waals surface area contributed by atoms with Gasteiger partial charge in [-0.2, -0.15) is 5.10 Å². The maximum Gasteiger partial charge on any atom is 0.335 e. The number of hydrogen-bond donors (Lipinski definition) is 3. The van der Waals surface area contributed by atoms with Gasteiger partial charge in [-0.3, -0.25) is 5.43 Å². The first-order chi connectivity index (χ1) is 10.5. The zero-order chi connectivity index (χ0) is 15.9. The first kappa shape index (κ1) is 15.9. The van der Waals surface area contributed by atoms with Gasteiger partial charge in [-0.1, -0.05) is 23.7 Å². The van der Waals surface area contributed by atoms with Crippen LogP contribution in [0.1, 0.15) is 15.9 Å². The first-order valence-corrected chi connectivity index (χ1v) is 7.02. The number of rotatable bonds is 4. The molecule has 0 spiro atoms. The van der Waals surface area contributed by atoms with Crippen LogP contribution in [0.2, 0.25) is 5.02 Å². The van der Waals surface area contributed by atoms with Crippen LogP contribution in [0.5, 0.6) is 0 Å². The van der Waals surface area contributed by atoms with Crippen molar-refractivity contribution < 1.29 is 9.90 Å². The molecule has 2 aromatic carbocycles. The lowest BCUT2D eigenvalue weighted by molar-refractivity contribution is 0.0697. The second-order valence-corrected chi connectivity index (χ2v) is 5.10. The van der Waals surface area contributed by atoms with Crippen LogP contribution in [-0.2, 0) is 0 Å². The van der Waals surface area contributed by atoms with Gasteiger partial charge >= 0.3 is 5.97 Å². The summed E-state index contributed by atoms with van der Waals surface area (Å²) in [6.07, 6.45) is 1.61. The quantitative estimate of drug-likeness (QED) is 0.454. The van der Waals surface area contributed by atoms with E-state index in [-0.39, 0.29) is 5.56 Å². The number of benzene rings is 2. The minimum absolute atomic E-state index is 0.213. The molecule has 0 aliphatic carbocycles. The summed E-state index contributed by atoms with van der Waals surface area (Å²) >= 11 is 10.9. The van der Waals surface area contributed by atoms with Crippen LogP contribution in [0.3, 0.4) is 0 Å². The lowest BCUT2D eigenvalue weighted by Gasteiger charge is -2.07. The van der Waals surface area contributed by atoms with Crippen molar-refractivity contribution in [3.8, 4) is 0 Å². The fourth-order valence-electron chi connectivity index (χ4n) is 1.57. The Kier molecular flexibility index (Phi) is 5.46. The molecule has 0 aliphatic rings. The van der Waals surface area contributed by atoms with Crippen molar-refractivity contribution in [2.75, 3.05) is 5.32 Å². The number of hydrogen-bond acceptors (Lipinski definition) is 3. The minimum atomic E-state index is -0.972. The Morgan fingerprint density at radius 2 is 1.77 bits per heavy atom. The van der Waals surface area contributed by atoms with Crippen LogP contribution in [0.25, 0.3) is 0 Å². The van der Waals surface area contributed by atoms with Crippen LogP contribution in [0.4, 0.5) is 5.69 Å². The number of carboxylic acid groups (broad SMARTS) is 1. The second kappa shape index (κ2) is 7.53. The van der Waals surface area contributed by atoms with Gasteiger partial charge in [-0.15, -0.1) is 0 Å². The number of thiocarbonyl (C=S) groups is 1. The van der Waals surface area contributed by atoms with Gasteiger partial charge in [0.15, 0.2) is 5.11 Å². The number of carbonyl (C=O) groups is 1. The Bertz CT molecular complexity index is 700. The Balaban J connectivity index is 1.87. The topological polar surface area (TPSA) is 73.7 Å². The van der Waals surface area contributed by atoms with E-state index in [1.807, 2.05) is 12.1 Å². The third-order valence-corrected chi connectivity index (χ3v) is 3.08. The highest BCUT2D eigenvalue weighted by Crippen LogP contribution is 2.09. The number of nitrogens with one attached hydrogen (secondary N) is 2. The largest absolute Gasteiger partial charge is 0.478 e. The van der Waals surface area contributed by atoms with Crippen LogP contribution >= 0.6 is 23.8 Å². The molecular weight excluding hydrogens is 322 g/mol. The second-order valence-electron chi connectivity index (χ2n) is 4.26. The van der Waals surface area contributed by atoms with Crippen LogP contribution in [0.15, 0.2) is 53.6 Å². The molecule has 5 nitrogen and oxygen atoms in total. The number of aromatic carboxylic acids is 1.